The van der Waals surface area contributed by atoms with Crippen molar-refractivity contribution in [3.8, 4) is 5.75 Å². The number of rotatable bonds is 8. The van der Waals surface area contributed by atoms with Gasteiger partial charge in [0.25, 0.3) is 0 Å². The second kappa shape index (κ2) is 11.1. The lowest BCUT2D eigenvalue weighted by atomic mass is 10.1. The largest absolute Gasteiger partial charge is 0.460 e. The smallest absolute Gasteiger partial charge is 0.324 e. The molecule has 0 bridgehead atoms. The van der Waals surface area contributed by atoms with E-state index in [9.17, 15) is 22.4 Å². The van der Waals surface area contributed by atoms with Gasteiger partial charge in [0.1, 0.15) is 24.2 Å². The summed E-state index contributed by atoms with van der Waals surface area (Å²) >= 11 is 0. The Morgan fingerprint density at radius 3 is 2.49 bits per heavy atom. The monoisotopic (exact) mass is 528 g/mol. The second-order valence-corrected chi connectivity index (χ2v) is 10.1. The van der Waals surface area contributed by atoms with Crippen molar-refractivity contribution in [1.82, 2.24) is 4.72 Å². The standard InChI is InChI=1S/C26H25FN2O7S/c1-16(29-37(32,33)23-10-8-22(9-11-23)28-17(2)30)25(31)34-14-19-12-21(27)13-20-15-35-26(36-24(19)20)18-6-4-3-5-7-18/h3-13,16,26,29H,14-15H2,1-2H3,(H,28,30)/t16-,26-/m0/s1. The van der Waals surface area contributed by atoms with Gasteiger partial charge in [-0.15, -0.1) is 0 Å². The molecule has 1 amide bonds. The fourth-order valence-corrected chi connectivity index (χ4v) is 4.89. The molecule has 3 aromatic rings. The van der Waals surface area contributed by atoms with Crippen LogP contribution in [0.3, 0.4) is 0 Å². The Bertz CT molecular complexity index is 1400. The van der Waals surface area contributed by atoms with Crippen molar-refractivity contribution in [3.05, 3.63) is 89.2 Å². The minimum Gasteiger partial charge on any atom is -0.460 e. The molecule has 9 nitrogen and oxygen atoms in total. The number of carbonyl (C=O) groups excluding carboxylic acids is 2. The molecule has 1 aliphatic heterocycles. The maximum Gasteiger partial charge on any atom is 0.324 e. The molecule has 4 rings (SSSR count). The average molecular weight is 529 g/mol. The van der Waals surface area contributed by atoms with Gasteiger partial charge in [0.05, 0.1) is 11.5 Å². The number of amides is 1. The molecule has 37 heavy (non-hydrogen) atoms. The number of fused-ring (bicyclic) bond motifs is 1. The predicted molar refractivity (Wildman–Crippen MR) is 131 cm³/mol. The van der Waals surface area contributed by atoms with E-state index >= 15 is 0 Å². The third kappa shape index (κ3) is 6.50. The molecule has 2 atom stereocenters. The molecule has 11 heteroatoms. The summed E-state index contributed by atoms with van der Waals surface area (Å²) in [5.41, 5.74) is 1.96. The van der Waals surface area contributed by atoms with Crippen LogP contribution in [0.2, 0.25) is 0 Å². The Balaban J connectivity index is 1.41. The maximum absolute atomic E-state index is 14.2. The molecular formula is C26H25FN2O7S. The average Bonchev–Trinajstić information content (AvgIpc) is 2.87. The number of esters is 1. The van der Waals surface area contributed by atoms with Crippen LogP contribution in [0.5, 0.6) is 5.75 Å². The Kier molecular flexibility index (Phi) is 7.86. The first kappa shape index (κ1) is 26.3. The number of nitrogens with one attached hydrogen (secondary N) is 2. The number of hydrogen-bond donors (Lipinski definition) is 2. The lowest BCUT2D eigenvalue weighted by Crippen LogP contribution is -2.39. The van der Waals surface area contributed by atoms with Crippen LogP contribution >= 0.6 is 0 Å². The van der Waals surface area contributed by atoms with Crippen molar-refractivity contribution in [2.75, 3.05) is 5.32 Å². The number of anilines is 1. The molecule has 0 saturated heterocycles. The molecule has 1 heterocycles. The molecular weight excluding hydrogens is 503 g/mol. The first-order valence-corrected chi connectivity index (χ1v) is 12.8. The summed E-state index contributed by atoms with van der Waals surface area (Å²) in [6.45, 7) is 2.44. The fraction of sp³-hybridized carbons (Fsp3) is 0.231. The normalized spacial score (nSPS) is 15.7. The summed E-state index contributed by atoms with van der Waals surface area (Å²) < 4.78 is 58.7. The van der Waals surface area contributed by atoms with E-state index in [0.717, 1.165) is 5.56 Å². The second-order valence-electron chi connectivity index (χ2n) is 8.38. The van der Waals surface area contributed by atoms with Gasteiger partial charge < -0.3 is 19.5 Å². The molecule has 0 aromatic heterocycles. The first-order valence-electron chi connectivity index (χ1n) is 11.3. The van der Waals surface area contributed by atoms with Gasteiger partial charge in [0, 0.05) is 29.3 Å². The van der Waals surface area contributed by atoms with E-state index < -0.39 is 34.1 Å². The quantitative estimate of drug-likeness (QED) is 0.427. The molecule has 1 aliphatic rings. The lowest BCUT2D eigenvalue weighted by molar-refractivity contribution is -0.146. The SMILES string of the molecule is CC(=O)Nc1ccc(S(=O)(=O)N[C@@H](C)C(=O)OCc2cc(F)cc3c2O[C@@H](c2ccccc2)OC3)cc1. The lowest BCUT2D eigenvalue weighted by Gasteiger charge is -2.28. The minimum absolute atomic E-state index is 0.0965. The zero-order valence-corrected chi connectivity index (χ0v) is 20.9. The highest BCUT2D eigenvalue weighted by Crippen LogP contribution is 2.36. The van der Waals surface area contributed by atoms with Gasteiger partial charge in [-0.3, -0.25) is 9.59 Å². The van der Waals surface area contributed by atoms with Gasteiger partial charge in [-0.2, -0.15) is 4.72 Å². The van der Waals surface area contributed by atoms with E-state index in [-0.39, 0.29) is 29.6 Å². The zero-order valence-electron chi connectivity index (χ0n) is 20.1. The van der Waals surface area contributed by atoms with Gasteiger partial charge in [-0.05, 0) is 43.3 Å². The van der Waals surface area contributed by atoms with Crippen molar-refractivity contribution >= 4 is 27.6 Å². The predicted octanol–water partition coefficient (Wildman–Crippen LogP) is 3.80. The van der Waals surface area contributed by atoms with Crippen LogP contribution < -0.4 is 14.8 Å². The Morgan fingerprint density at radius 1 is 1.11 bits per heavy atom. The zero-order chi connectivity index (χ0) is 26.6. The topological polar surface area (TPSA) is 120 Å². The Morgan fingerprint density at radius 2 is 1.81 bits per heavy atom. The highest BCUT2D eigenvalue weighted by Gasteiger charge is 2.27. The van der Waals surface area contributed by atoms with E-state index in [2.05, 4.69) is 10.0 Å². The molecule has 194 valence electrons. The molecule has 3 aromatic carbocycles. The summed E-state index contributed by atoms with van der Waals surface area (Å²) in [4.78, 5) is 23.6. The third-order valence-corrected chi connectivity index (χ3v) is 6.99. The fourth-order valence-electron chi connectivity index (χ4n) is 3.70. The summed E-state index contributed by atoms with van der Waals surface area (Å²) in [7, 11) is -4.06. The van der Waals surface area contributed by atoms with E-state index in [1.165, 1.54) is 50.2 Å². The Hall–Kier alpha value is -3.80. The van der Waals surface area contributed by atoms with Crippen LogP contribution in [0.25, 0.3) is 0 Å². The van der Waals surface area contributed by atoms with E-state index in [0.29, 0.717) is 17.0 Å². The van der Waals surface area contributed by atoms with E-state index in [1.807, 2.05) is 30.3 Å². The number of benzene rings is 3. The highest BCUT2D eigenvalue weighted by atomic mass is 32.2. The van der Waals surface area contributed by atoms with Crippen LogP contribution in [0.4, 0.5) is 10.1 Å². The number of carbonyl (C=O) groups is 2. The van der Waals surface area contributed by atoms with E-state index in [1.54, 1.807) is 0 Å². The van der Waals surface area contributed by atoms with Gasteiger partial charge in [-0.1, -0.05) is 30.3 Å². The van der Waals surface area contributed by atoms with Crippen LogP contribution in [0, 0.1) is 5.82 Å². The number of hydrogen-bond acceptors (Lipinski definition) is 7. The number of halogens is 1. The Labute approximate surface area is 213 Å². The van der Waals surface area contributed by atoms with Crippen molar-refractivity contribution in [1.29, 1.82) is 0 Å². The molecule has 0 fully saturated rings. The van der Waals surface area contributed by atoms with Crippen LogP contribution in [-0.2, 0) is 42.3 Å². The molecule has 0 saturated carbocycles. The van der Waals surface area contributed by atoms with Crippen LogP contribution in [-0.4, -0.2) is 26.3 Å². The third-order valence-electron chi connectivity index (χ3n) is 5.43. The molecule has 0 spiro atoms. The van der Waals surface area contributed by atoms with Crippen molar-refractivity contribution in [3.63, 3.8) is 0 Å². The first-order chi connectivity index (χ1) is 17.6. The van der Waals surface area contributed by atoms with Gasteiger partial charge in [0.2, 0.25) is 22.2 Å². The number of sulfonamides is 1. The summed E-state index contributed by atoms with van der Waals surface area (Å²) in [6, 6.07) is 15.9. The highest BCUT2D eigenvalue weighted by molar-refractivity contribution is 7.89. The van der Waals surface area contributed by atoms with Gasteiger partial charge in [0.15, 0.2) is 0 Å². The minimum atomic E-state index is -4.06. The number of ether oxygens (including phenoxy) is 3. The van der Waals surface area contributed by atoms with Crippen LogP contribution in [0.15, 0.2) is 71.6 Å². The van der Waals surface area contributed by atoms with Crippen LogP contribution in [0.1, 0.15) is 36.8 Å². The maximum atomic E-state index is 14.2. The van der Waals surface area contributed by atoms with Crippen molar-refractivity contribution in [2.24, 2.45) is 0 Å². The van der Waals surface area contributed by atoms with Gasteiger partial charge >= 0.3 is 5.97 Å². The summed E-state index contributed by atoms with van der Waals surface area (Å²) in [5.74, 6) is -1.35. The van der Waals surface area contributed by atoms with Crippen molar-refractivity contribution < 1.29 is 36.6 Å². The van der Waals surface area contributed by atoms with Gasteiger partial charge in [-0.25, -0.2) is 12.8 Å². The molecule has 0 radical (unpaired) electrons. The van der Waals surface area contributed by atoms with Crippen molar-refractivity contribution in [2.45, 2.75) is 44.3 Å². The molecule has 2 N–H and O–H groups in total. The van der Waals surface area contributed by atoms with E-state index in [4.69, 9.17) is 14.2 Å². The summed E-state index contributed by atoms with van der Waals surface area (Å²) in [6.07, 6.45) is -0.712. The summed E-state index contributed by atoms with van der Waals surface area (Å²) in [5, 5.41) is 2.54. The molecule has 0 aliphatic carbocycles. The molecule has 0 unspecified atom stereocenters.